The number of carbonyl (C=O) groups excluding carboxylic acids is 1. The summed E-state index contributed by atoms with van der Waals surface area (Å²) in [6.45, 7) is 1.05. The van der Waals surface area contributed by atoms with Gasteiger partial charge in [0, 0.05) is 6.54 Å². The Balaban J connectivity index is 2.68. The molecule has 0 aliphatic carbocycles. The van der Waals surface area contributed by atoms with Crippen LogP contribution in [0.3, 0.4) is 0 Å². The molecule has 3 N–H and O–H groups in total. The summed E-state index contributed by atoms with van der Waals surface area (Å²) in [4.78, 5) is 11.5. The van der Waals surface area contributed by atoms with Crippen molar-refractivity contribution in [2.24, 2.45) is 0 Å². The number of rotatable bonds is 4. The van der Waals surface area contributed by atoms with Crippen LogP contribution in [0.15, 0.2) is 18.2 Å². The molecule has 1 amide bonds. The number of benzene rings is 1. The van der Waals surface area contributed by atoms with Crippen molar-refractivity contribution in [2.75, 3.05) is 6.54 Å². The second kappa shape index (κ2) is 5.58. The first kappa shape index (κ1) is 13.4. The zero-order valence-electron chi connectivity index (χ0n) is 9.15. The zero-order valence-corrected chi connectivity index (χ0v) is 9.15. The number of phenols is 1. The van der Waals surface area contributed by atoms with Crippen LogP contribution in [0.1, 0.15) is 15.9 Å². The van der Waals surface area contributed by atoms with Gasteiger partial charge >= 0.3 is 0 Å². The van der Waals surface area contributed by atoms with Gasteiger partial charge in [-0.15, -0.1) is 0 Å². The van der Waals surface area contributed by atoms with Gasteiger partial charge in [0.1, 0.15) is 11.9 Å². The van der Waals surface area contributed by atoms with Crippen molar-refractivity contribution in [1.82, 2.24) is 5.32 Å². The van der Waals surface area contributed by atoms with Crippen molar-refractivity contribution in [3.63, 3.8) is 0 Å². The van der Waals surface area contributed by atoms with Gasteiger partial charge < -0.3 is 15.5 Å². The number of aliphatic hydroxyl groups excluding tert-OH is 1. The molecule has 0 aliphatic rings. The van der Waals surface area contributed by atoms with Crippen molar-refractivity contribution in [2.45, 2.75) is 19.5 Å². The molecule has 1 aromatic rings. The molecule has 94 valence electrons. The minimum atomic E-state index is -2.92. The Hall–Kier alpha value is -1.69. The molecule has 1 unspecified atom stereocenters. The second-order valence-electron chi connectivity index (χ2n) is 3.58. The summed E-state index contributed by atoms with van der Waals surface area (Å²) in [7, 11) is 0. The molecule has 1 aromatic carbocycles. The Morgan fingerprint density at radius 1 is 1.47 bits per heavy atom. The summed E-state index contributed by atoms with van der Waals surface area (Å²) < 4.78 is 23.9. The van der Waals surface area contributed by atoms with Crippen LogP contribution in [0.5, 0.6) is 5.75 Å². The number of phenolic OH excluding ortho intramolecular Hbond substituents is 1. The lowest BCUT2D eigenvalue weighted by Gasteiger charge is -2.11. The first-order valence-corrected chi connectivity index (χ1v) is 4.96. The Bertz CT molecular complexity index is 410. The maximum atomic E-state index is 12.0. The van der Waals surface area contributed by atoms with Gasteiger partial charge in [-0.3, -0.25) is 4.79 Å². The van der Waals surface area contributed by atoms with Crippen LogP contribution in [0.2, 0.25) is 0 Å². The summed E-state index contributed by atoms with van der Waals surface area (Å²) in [5, 5.41) is 20.5. The molecule has 0 fully saturated rings. The molecule has 0 saturated carbocycles. The number of aromatic hydroxyl groups is 1. The molecule has 1 atom stereocenters. The van der Waals surface area contributed by atoms with Gasteiger partial charge in [-0.05, 0) is 18.6 Å². The highest BCUT2D eigenvalue weighted by atomic mass is 19.3. The number of carbonyl (C=O) groups is 1. The van der Waals surface area contributed by atoms with Crippen LogP contribution in [-0.4, -0.2) is 35.2 Å². The number of para-hydroxylation sites is 1. The highest BCUT2D eigenvalue weighted by Gasteiger charge is 2.19. The van der Waals surface area contributed by atoms with Crippen molar-refractivity contribution >= 4 is 5.91 Å². The van der Waals surface area contributed by atoms with E-state index in [2.05, 4.69) is 5.32 Å². The number of aryl methyl sites for hydroxylation is 1. The first-order chi connectivity index (χ1) is 7.93. The molecule has 6 heteroatoms. The molecule has 17 heavy (non-hydrogen) atoms. The van der Waals surface area contributed by atoms with Gasteiger partial charge in [-0.2, -0.15) is 0 Å². The molecule has 0 saturated heterocycles. The van der Waals surface area contributed by atoms with Gasteiger partial charge in [0.05, 0.1) is 5.56 Å². The van der Waals surface area contributed by atoms with Crippen LogP contribution in [0.4, 0.5) is 8.78 Å². The Morgan fingerprint density at radius 3 is 2.71 bits per heavy atom. The number of aliphatic hydroxyl groups is 1. The van der Waals surface area contributed by atoms with E-state index in [1.54, 1.807) is 19.1 Å². The van der Waals surface area contributed by atoms with E-state index >= 15 is 0 Å². The molecule has 1 rings (SSSR count). The number of nitrogens with one attached hydrogen (secondary N) is 1. The van der Waals surface area contributed by atoms with Crippen molar-refractivity contribution < 1.29 is 23.8 Å². The van der Waals surface area contributed by atoms with Gasteiger partial charge in [-0.25, -0.2) is 8.78 Å². The smallest absolute Gasteiger partial charge is 0.265 e. The molecule has 0 heterocycles. The number of amides is 1. The number of hydrogen-bond donors (Lipinski definition) is 3. The average molecular weight is 245 g/mol. The Morgan fingerprint density at radius 2 is 2.12 bits per heavy atom. The van der Waals surface area contributed by atoms with E-state index in [0.717, 1.165) is 0 Å². The van der Waals surface area contributed by atoms with Gasteiger partial charge in [0.25, 0.3) is 12.3 Å². The third-order valence-electron chi connectivity index (χ3n) is 2.25. The second-order valence-corrected chi connectivity index (χ2v) is 3.58. The van der Waals surface area contributed by atoms with Crippen molar-refractivity contribution in [3.8, 4) is 5.75 Å². The van der Waals surface area contributed by atoms with E-state index in [1.807, 2.05) is 0 Å². The van der Waals surface area contributed by atoms with E-state index in [0.29, 0.717) is 5.56 Å². The van der Waals surface area contributed by atoms with E-state index in [4.69, 9.17) is 5.11 Å². The van der Waals surface area contributed by atoms with E-state index < -0.39 is 25.0 Å². The van der Waals surface area contributed by atoms with Crippen LogP contribution in [-0.2, 0) is 0 Å². The quantitative estimate of drug-likeness (QED) is 0.742. The fourth-order valence-electron chi connectivity index (χ4n) is 1.22. The first-order valence-electron chi connectivity index (χ1n) is 4.96. The molecule has 0 bridgehead atoms. The average Bonchev–Trinajstić information content (AvgIpc) is 2.29. The molecule has 0 aromatic heterocycles. The molecule has 4 nitrogen and oxygen atoms in total. The minimum absolute atomic E-state index is 0.00790. The van der Waals surface area contributed by atoms with Gasteiger partial charge in [0.2, 0.25) is 0 Å². The van der Waals surface area contributed by atoms with Crippen molar-refractivity contribution in [3.05, 3.63) is 29.3 Å². The number of halogens is 2. The number of alkyl halides is 2. The SMILES string of the molecule is Cc1cccc(C(=O)NCC(O)C(F)F)c1O. The summed E-state index contributed by atoms with van der Waals surface area (Å²) in [6.07, 6.45) is -4.83. The summed E-state index contributed by atoms with van der Waals surface area (Å²) in [5.74, 6) is -0.901. The van der Waals surface area contributed by atoms with Gasteiger partial charge in [0.15, 0.2) is 0 Å². The monoisotopic (exact) mass is 245 g/mol. The largest absolute Gasteiger partial charge is 0.507 e. The normalized spacial score (nSPS) is 12.5. The van der Waals surface area contributed by atoms with E-state index in [1.165, 1.54) is 6.07 Å². The lowest BCUT2D eigenvalue weighted by Crippen LogP contribution is -2.35. The highest BCUT2D eigenvalue weighted by molar-refractivity contribution is 5.97. The van der Waals surface area contributed by atoms with Gasteiger partial charge in [-0.1, -0.05) is 12.1 Å². The van der Waals surface area contributed by atoms with Crippen LogP contribution >= 0.6 is 0 Å². The summed E-state index contributed by atoms with van der Waals surface area (Å²) in [5.41, 5.74) is 0.499. The lowest BCUT2D eigenvalue weighted by molar-refractivity contribution is -0.00271. The maximum Gasteiger partial charge on any atom is 0.265 e. The van der Waals surface area contributed by atoms with E-state index in [9.17, 15) is 18.7 Å². The molecule has 0 aliphatic heterocycles. The summed E-state index contributed by atoms with van der Waals surface area (Å²) >= 11 is 0. The van der Waals surface area contributed by atoms with Crippen LogP contribution in [0.25, 0.3) is 0 Å². The predicted octanol–water partition coefficient (Wildman–Crippen LogP) is 1.06. The molecular formula is C11H13F2NO3. The third-order valence-corrected chi connectivity index (χ3v) is 2.25. The van der Waals surface area contributed by atoms with E-state index in [-0.39, 0.29) is 11.3 Å². The molecular weight excluding hydrogens is 232 g/mol. The predicted molar refractivity (Wildman–Crippen MR) is 57.2 cm³/mol. The number of hydrogen-bond acceptors (Lipinski definition) is 3. The van der Waals surface area contributed by atoms with Crippen molar-refractivity contribution in [1.29, 1.82) is 0 Å². The Kier molecular flexibility index (Phi) is 4.39. The minimum Gasteiger partial charge on any atom is -0.507 e. The summed E-state index contributed by atoms with van der Waals surface area (Å²) in [6, 6.07) is 4.54. The molecule has 0 radical (unpaired) electrons. The Labute approximate surface area is 96.9 Å². The van der Waals surface area contributed by atoms with Crippen LogP contribution in [0, 0.1) is 6.92 Å². The highest BCUT2D eigenvalue weighted by Crippen LogP contribution is 2.20. The fourth-order valence-corrected chi connectivity index (χ4v) is 1.22. The zero-order chi connectivity index (χ0) is 13.0. The fraction of sp³-hybridized carbons (Fsp3) is 0.364. The third kappa shape index (κ3) is 3.39. The molecule has 0 spiro atoms. The maximum absolute atomic E-state index is 12.0. The standard InChI is InChI=1S/C11H13F2NO3/c1-6-3-2-4-7(9(6)16)11(17)14-5-8(15)10(12)13/h2-4,8,10,15-16H,5H2,1H3,(H,14,17). The topological polar surface area (TPSA) is 69.6 Å². The lowest BCUT2D eigenvalue weighted by atomic mass is 10.1. The van der Waals surface area contributed by atoms with Crippen LogP contribution < -0.4 is 5.32 Å².